The summed E-state index contributed by atoms with van der Waals surface area (Å²) in [6, 6.07) is 4.95. The van der Waals surface area contributed by atoms with E-state index in [1.807, 2.05) is 6.92 Å². The zero-order chi connectivity index (χ0) is 15.0. The Bertz CT molecular complexity index is 437. The average molecular weight is 282 g/mol. The van der Waals surface area contributed by atoms with Crippen LogP contribution in [0.4, 0.5) is 0 Å². The molecule has 0 saturated heterocycles. The molecule has 0 fully saturated rings. The highest BCUT2D eigenvalue weighted by atomic mass is 16.5. The summed E-state index contributed by atoms with van der Waals surface area (Å²) in [5.41, 5.74) is 0.718. The van der Waals surface area contributed by atoms with E-state index >= 15 is 0 Å². The van der Waals surface area contributed by atoms with Crippen LogP contribution in [0.5, 0.6) is 11.5 Å². The number of methoxy groups -OCH3 is 2. The molecule has 3 N–H and O–H groups in total. The van der Waals surface area contributed by atoms with Gasteiger partial charge in [0.25, 0.3) is 0 Å². The SMILES string of the molecule is COCCNC(=O)CNC(C)c1ccc(OC)cc1O. The Morgan fingerprint density at radius 1 is 1.40 bits per heavy atom. The molecule has 0 aliphatic rings. The number of phenolic OH excluding ortho intramolecular Hbond substituents is 1. The Kier molecular flexibility index (Phi) is 6.83. The lowest BCUT2D eigenvalue weighted by atomic mass is 10.1. The van der Waals surface area contributed by atoms with Crippen molar-refractivity contribution in [2.24, 2.45) is 0 Å². The maximum absolute atomic E-state index is 11.5. The molecule has 0 aliphatic carbocycles. The molecular formula is C14H22N2O4. The number of rotatable bonds is 8. The van der Waals surface area contributed by atoms with Crippen LogP contribution in [-0.2, 0) is 9.53 Å². The largest absolute Gasteiger partial charge is 0.507 e. The fourth-order valence-electron chi connectivity index (χ4n) is 1.73. The minimum Gasteiger partial charge on any atom is -0.507 e. The van der Waals surface area contributed by atoms with E-state index in [0.29, 0.717) is 18.9 Å². The van der Waals surface area contributed by atoms with Gasteiger partial charge >= 0.3 is 0 Å². The molecule has 0 aromatic heterocycles. The standard InChI is InChI=1S/C14H22N2O4/c1-10(16-9-14(18)15-6-7-19-2)12-5-4-11(20-3)8-13(12)17/h4-5,8,10,16-17H,6-7,9H2,1-3H3,(H,15,18). The first-order valence-electron chi connectivity index (χ1n) is 6.44. The van der Waals surface area contributed by atoms with Gasteiger partial charge in [-0.3, -0.25) is 4.79 Å². The van der Waals surface area contributed by atoms with Gasteiger partial charge in [-0.2, -0.15) is 0 Å². The molecule has 0 radical (unpaired) electrons. The van der Waals surface area contributed by atoms with E-state index < -0.39 is 0 Å². The first-order chi connectivity index (χ1) is 9.58. The summed E-state index contributed by atoms with van der Waals surface area (Å²) in [4.78, 5) is 11.5. The van der Waals surface area contributed by atoms with E-state index in [4.69, 9.17) is 9.47 Å². The highest BCUT2D eigenvalue weighted by molar-refractivity contribution is 5.78. The monoisotopic (exact) mass is 282 g/mol. The first-order valence-corrected chi connectivity index (χ1v) is 6.44. The summed E-state index contributed by atoms with van der Waals surface area (Å²) in [7, 11) is 3.12. The van der Waals surface area contributed by atoms with Crippen molar-refractivity contribution in [1.29, 1.82) is 0 Å². The van der Waals surface area contributed by atoms with Crippen molar-refractivity contribution in [2.75, 3.05) is 33.9 Å². The molecule has 0 saturated carbocycles. The Hall–Kier alpha value is -1.79. The molecule has 1 aromatic carbocycles. The van der Waals surface area contributed by atoms with Crippen LogP contribution in [0.1, 0.15) is 18.5 Å². The van der Waals surface area contributed by atoms with Gasteiger partial charge in [-0.15, -0.1) is 0 Å². The third-order valence-corrected chi connectivity index (χ3v) is 2.90. The fourth-order valence-corrected chi connectivity index (χ4v) is 1.73. The van der Waals surface area contributed by atoms with Crippen LogP contribution in [0.25, 0.3) is 0 Å². The van der Waals surface area contributed by atoms with Gasteiger partial charge in [0.1, 0.15) is 11.5 Å². The van der Waals surface area contributed by atoms with Crippen molar-refractivity contribution in [2.45, 2.75) is 13.0 Å². The maximum atomic E-state index is 11.5. The third kappa shape index (κ3) is 5.07. The number of hydrogen-bond acceptors (Lipinski definition) is 5. The van der Waals surface area contributed by atoms with Gasteiger partial charge in [-0.25, -0.2) is 0 Å². The Morgan fingerprint density at radius 2 is 2.15 bits per heavy atom. The number of aromatic hydroxyl groups is 1. The van der Waals surface area contributed by atoms with Crippen LogP contribution in [0.2, 0.25) is 0 Å². The van der Waals surface area contributed by atoms with Crippen molar-refractivity contribution in [1.82, 2.24) is 10.6 Å². The van der Waals surface area contributed by atoms with E-state index in [1.54, 1.807) is 32.4 Å². The second-order valence-electron chi connectivity index (χ2n) is 4.37. The quantitative estimate of drug-likeness (QED) is 0.615. The lowest BCUT2D eigenvalue weighted by Crippen LogP contribution is -2.36. The fraction of sp³-hybridized carbons (Fsp3) is 0.500. The highest BCUT2D eigenvalue weighted by Crippen LogP contribution is 2.27. The molecule has 20 heavy (non-hydrogen) atoms. The third-order valence-electron chi connectivity index (χ3n) is 2.90. The molecule has 1 atom stereocenters. The van der Waals surface area contributed by atoms with E-state index in [9.17, 15) is 9.90 Å². The van der Waals surface area contributed by atoms with E-state index in [2.05, 4.69) is 10.6 Å². The van der Waals surface area contributed by atoms with Crippen LogP contribution >= 0.6 is 0 Å². The van der Waals surface area contributed by atoms with Crippen LogP contribution in [-0.4, -0.2) is 44.9 Å². The molecule has 6 heteroatoms. The predicted molar refractivity (Wildman–Crippen MR) is 76.0 cm³/mol. The van der Waals surface area contributed by atoms with Crippen molar-refractivity contribution in [3.05, 3.63) is 23.8 Å². The molecule has 0 heterocycles. The van der Waals surface area contributed by atoms with Crippen LogP contribution in [0.3, 0.4) is 0 Å². The van der Waals surface area contributed by atoms with Crippen molar-refractivity contribution in [3.63, 3.8) is 0 Å². The molecular weight excluding hydrogens is 260 g/mol. The number of phenols is 1. The zero-order valence-electron chi connectivity index (χ0n) is 12.1. The van der Waals surface area contributed by atoms with Gasteiger partial charge in [-0.1, -0.05) is 6.07 Å². The molecule has 0 spiro atoms. The molecule has 6 nitrogen and oxygen atoms in total. The molecule has 1 aromatic rings. The Labute approximate surface area is 119 Å². The van der Waals surface area contributed by atoms with Crippen molar-refractivity contribution >= 4 is 5.91 Å². The lowest BCUT2D eigenvalue weighted by molar-refractivity contribution is -0.120. The number of carbonyl (C=O) groups is 1. The van der Waals surface area contributed by atoms with Crippen LogP contribution < -0.4 is 15.4 Å². The normalized spacial score (nSPS) is 11.9. The van der Waals surface area contributed by atoms with Gasteiger partial charge in [0.05, 0.1) is 20.3 Å². The van der Waals surface area contributed by atoms with Crippen molar-refractivity contribution < 1.29 is 19.4 Å². The minimum atomic E-state index is -0.144. The smallest absolute Gasteiger partial charge is 0.234 e. The molecule has 112 valence electrons. The number of benzene rings is 1. The first kappa shape index (κ1) is 16.3. The summed E-state index contributed by atoms with van der Waals surface area (Å²) in [5.74, 6) is 0.627. The molecule has 1 rings (SSSR count). The summed E-state index contributed by atoms with van der Waals surface area (Å²) >= 11 is 0. The van der Waals surface area contributed by atoms with Crippen LogP contribution in [0, 0.1) is 0 Å². The highest BCUT2D eigenvalue weighted by Gasteiger charge is 2.12. The Balaban J connectivity index is 2.46. The molecule has 1 amide bonds. The summed E-state index contributed by atoms with van der Waals surface area (Å²) in [6.07, 6.45) is 0. The van der Waals surface area contributed by atoms with Gasteiger partial charge in [0, 0.05) is 31.3 Å². The van der Waals surface area contributed by atoms with Gasteiger partial charge < -0.3 is 25.2 Å². The number of carbonyl (C=O) groups excluding carboxylic acids is 1. The number of ether oxygens (including phenoxy) is 2. The lowest BCUT2D eigenvalue weighted by Gasteiger charge is -2.16. The summed E-state index contributed by atoms with van der Waals surface area (Å²) in [5, 5.41) is 15.7. The van der Waals surface area contributed by atoms with E-state index in [0.717, 1.165) is 5.56 Å². The predicted octanol–water partition coefficient (Wildman–Crippen LogP) is 0.814. The minimum absolute atomic E-state index is 0.109. The van der Waals surface area contributed by atoms with E-state index in [-0.39, 0.29) is 24.2 Å². The average Bonchev–Trinajstić information content (AvgIpc) is 2.44. The topological polar surface area (TPSA) is 79.8 Å². The number of hydrogen-bond donors (Lipinski definition) is 3. The van der Waals surface area contributed by atoms with Crippen molar-refractivity contribution in [3.8, 4) is 11.5 Å². The number of amides is 1. The van der Waals surface area contributed by atoms with Gasteiger partial charge in [0.15, 0.2) is 0 Å². The zero-order valence-corrected chi connectivity index (χ0v) is 12.1. The molecule has 1 unspecified atom stereocenters. The summed E-state index contributed by atoms with van der Waals surface area (Å²) in [6.45, 7) is 3.03. The number of nitrogens with one attached hydrogen (secondary N) is 2. The van der Waals surface area contributed by atoms with Crippen LogP contribution in [0.15, 0.2) is 18.2 Å². The van der Waals surface area contributed by atoms with Gasteiger partial charge in [0.2, 0.25) is 5.91 Å². The van der Waals surface area contributed by atoms with Gasteiger partial charge in [-0.05, 0) is 13.0 Å². The molecule has 0 bridgehead atoms. The summed E-state index contributed by atoms with van der Waals surface area (Å²) < 4.78 is 9.87. The van der Waals surface area contributed by atoms with E-state index in [1.165, 1.54) is 0 Å². The Morgan fingerprint density at radius 3 is 2.75 bits per heavy atom. The second-order valence-corrected chi connectivity index (χ2v) is 4.37. The maximum Gasteiger partial charge on any atom is 0.234 e. The molecule has 0 aliphatic heterocycles. The second kappa shape index (κ2) is 8.39.